The summed E-state index contributed by atoms with van der Waals surface area (Å²) in [6, 6.07) is 22.5. The summed E-state index contributed by atoms with van der Waals surface area (Å²) in [6.07, 6.45) is 3.96. The van der Waals surface area contributed by atoms with Gasteiger partial charge in [0.15, 0.2) is 0 Å². The Hall–Kier alpha value is -3.05. The maximum atomic E-state index is 12.6. The van der Waals surface area contributed by atoms with E-state index in [4.69, 9.17) is 0 Å². The smallest absolute Gasteiger partial charge is 0.223 e. The summed E-state index contributed by atoms with van der Waals surface area (Å²) in [4.78, 5) is 26.3. The van der Waals surface area contributed by atoms with Crippen LogP contribution in [0.3, 0.4) is 0 Å². The highest BCUT2D eigenvalue weighted by molar-refractivity contribution is 7.98. The lowest BCUT2D eigenvalue weighted by Gasteiger charge is -2.32. The molecule has 1 unspecified atom stereocenters. The minimum absolute atomic E-state index is 0.0351. The van der Waals surface area contributed by atoms with Crippen LogP contribution in [0.2, 0.25) is 0 Å². The number of hydrogen-bond donors (Lipinski definition) is 1. The molecule has 0 fully saturated rings. The van der Waals surface area contributed by atoms with Gasteiger partial charge < -0.3 is 10.2 Å². The summed E-state index contributed by atoms with van der Waals surface area (Å²) in [5, 5.41) is 5.56. The highest BCUT2D eigenvalue weighted by atomic mass is 32.2. The zero-order valence-electron chi connectivity index (χ0n) is 17.6. The summed E-state index contributed by atoms with van der Waals surface area (Å²) in [6.45, 7) is 2.14. The molecule has 0 bridgehead atoms. The molecule has 3 aromatic carbocycles. The molecule has 0 aromatic heterocycles. The van der Waals surface area contributed by atoms with Crippen LogP contribution in [-0.4, -0.2) is 29.0 Å². The monoisotopic (exact) mass is 430 g/mol. The summed E-state index contributed by atoms with van der Waals surface area (Å²) in [7, 11) is 0. The largest absolute Gasteiger partial charge is 0.355 e. The van der Waals surface area contributed by atoms with Gasteiger partial charge in [-0.2, -0.15) is 11.8 Å². The summed E-state index contributed by atoms with van der Waals surface area (Å²) in [5.41, 5.74) is 3.39. The van der Waals surface area contributed by atoms with Crippen molar-refractivity contribution in [2.75, 3.05) is 12.3 Å². The van der Waals surface area contributed by atoms with Gasteiger partial charge in [0, 0.05) is 31.2 Å². The Bertz CT molecular complexity index is 1120. The predicted octanol–water partition coefficient (Wildman–Crippen LogP) is 5.15. The Balaban J connectivity index is 1.29. The maximum absolute atomic E-state index is 12.6. The number of thioether (sulfide) groups is 1. The highest BCUT2D eigenvalue weighted by Gasteiger charge is 2.27. The molecule has 0 saturated heterocycles. The van der Waals surface area contributed by atoms with Crippen molar-refractivity contribution >= 4 is 40.4 Å². The molecule has 0 spiro atoms. The molecule has 0 saturated carbocycles. The molecule has 1 aliphatic rings. The quantitative estimate of drug-likeness (QED) is 0.527. The van der Waals surface area contributed by atoms with Crippen LogP contribution in [0.5, 0.6) is 0 Å². The SMILES string of the molecule is CC(=O)N1C=Cc2ccccc2C1CC(=O)NCCSCc1cccc2ccccc12. The van der Waals surface area contributed by atoms with Crippen LogP contribution in [0, 0.1) is 0 Å². The molecule has 2 amide bonds. The van der Waals surface area contributed by atoms with Crippen molar-refractivity contribution in [1.82, 2.24) is 10.2 Å². The van der Waals surface area contributed by atoms with Crippen molar-refractivity contribution in [2.45, 2.75) is 25.1 Å². The van der Waals surface area contributed by atoms with Crippen LogP contribution in [0.15, 0.2) is 72.9 Å². The lowest BCUT2D eigenvalue weighted by Crippen LogP contribution is -2.35. The normalized spacial score (nSPS) is 15.0. The zero-order valence-corrected chi connectivity index (χ0v) is 18.4. The van der Waals surface area contributed by atoms with Crippen molar-refractivity contribution in [3.8, 4) is 0 Å². The van der Waals surface area contributed by atoms with Gasteiger partial charge in [0.05, 0.1) is 12.5 Å². The molecule has 3 aromatic rings. The number of amides is 2. The first-order valence-electron chi connectivity index (χ1n) is 10.5. The molecule has 31 heavy (non-hydrogen) atoms. The van der Waals surface area contributed by atoms with Gasteiger partial charge in [0.1, 0.15) is 0 Å². The van der Waals surface area contributed by atoms with Crippen molar-refractivity contribution in [1.29, 1.82) is 0 Å². The van der Waals surface area contributed by atoms with Crippen LogP contribution < -0.4 is 5.32 Å². The molecule has 1 N–H and O–H groups in total. The second-order valence-electron chi connectivity index (χ2n) is 7.63. The van der Waals surface area contributed by atoms with E-state index in [0.717, 1.165) is 22.6 Å². The first kappa shape index (κ1) is 21.2. The third-order valence-corrected chi connectivity index (χ3v) is 6.56. The molecule has 0 radical (unpaired) electrons. The van der Waals surface area contributed by atoms with Crippen molar-refractivity contribution in [3.63, 3.8) is 0 Å². The molecule has 1 atom stereocenters. The summed E-state index contributed by atoms with van der Waals surface area (Å²) in [5.74, 6) is 1.66. The second kappa shape index (κ2) is 9.84. The van der Waals surface area contributed by atoms with Crippen LogP contribution >= 0.6 is 11.8 Å². The van der Waals surface area contributed by atoms with Gasteiger partial charge in [0.2, 0.25) is 11.8 Å². The van der Waals surface area contributed by atoms with Crippen molar-refractivity contribution in [2.24, 2.45) is 0 Å². The Morgan fingerprint density at radius 1 is 1.00 bits per heavy atom. The molecule has 5 heteroatoms. The van der Waals surface area contributed by atoms with E-state index >= 15 is 0 Å². The van der Waals surface area contributed by atoms with Crippen LogP contribution in [0.25, 0.3) is 16.8 Å². The number of nitrogens with one attached hydrogen (secondary N) is 1. The Morgan fingerprint density at radius 2 is 1.77 bits per heavy atom. The number of carbonyl (C=O) groups excluding carboxylic acids is 2. The van der Waals surface area contributed by atoms with Crippen molar-refractivity contribution in [3.05, 3.63) is 89.6 Å². The number of hydrogen-bond acceptors (Lipinski definition) is 3. The average Bonchev–Trinajstić information content (AvgIpc) is 2.79. The van der Waals surface area contributed by atoms with E-state index in [0.29, 0.717) is 6.54 Å². The Labute approximate surface area is 187 Å². The van der Waals surface area contributed by atoms with Crippen LogP contribution in [0.1, 0.15) is 36.1 Å². The number of nitrogens with zero attached hydrogens (tertiary/aromatic N) is 1. The first-order valence-corrected chi connectivity index (χ1v) is 11.7. The molecular formula is C26H26N2O2S. The van der Waals surface area contributed by atoms with Gasteiger partial charge in [0.25, 0.3) is 0 Å². The van der Waals surface area contributed by atoms with E-state index in [-0.39, 0.29) is 24.3 Å². The van der Waals surface area contributed by atoms with E-state index in [1.54, 1.807) is 11.1 Å². The fraction of sp³-hybridized carbons (Fsp3) is 0.231. The van der Waals surface area contributed by atoms with Gasteiger partial charge in [-0.15, -0.1) is 0 Å². The Morgan fingerprint density at radius 3 is 2.65 bits per heavy atom. The first-order chi connectivity index (χ1) is 15.1. The number of carbonyl (C=O) groups is 2. The molecule has 4 nitrogen and oxygen atoms in total. The molecule has 1 heterocycles. The molecule has 4 rings (SSSR count). The fourth-order valence-corrected chi connectivity index (χ4v) is 4.89. The Kier molecular flexibility index (Phi) is 6.73. The number of rotatable bonds is 7. The molecule has 1 aliphatic heterocycles. The minimum Gasteiger partial charge on any atom is -0.355 e. The van der Waals surface area contributed by atoms with Crippen LogP contribution in [0.4, 0.5) is 0 Å². The van der Waals surface area contributed by atoms with Crippen molar-refractivity contribution < 1.29 is 9.59 Å². The number of benzene rings is 3. The third kappa shape index (κ3) is 5.00. The average molecular weight is 431 g/mol. The third-order valence-electron chi connectivity index (χ3n) is 5.55. The summed E-state index contributed by atoms with van der Waals surface area (Å²) >= 11 is 1.81. The standard InChI is InChI=1S/C26H26N2O2S/c1-19(29)28-15-13-21-8-3-5-12-24(21)25(28)17-26(30)27-14-16-31-18-22-10-6-9-20-7-2-4-11-23(20)22/h2-13,15,25H,14,16-18H2,1H3,(H,27,30). The minimum atomic E-state index is -0.262. The summed E-state index contributed by atoms with van der Waals surface area (Å²) < 4.78 is 0. The topological polar surface area (TPSA) is 49.4 Å². The molecule has 0 aliphatic carbocycles. The van der Waals surface area contributed by atoms with Gasteiger partial charge in [-0.25, -0.2) is 0 Å². The van der Waals surface area contributed by atoms with E-state index in [2.05, 4.69) is 47.8 Å². The van der Waals surface area contributed by atoms with E-state index in [1.165, 1.54) is 23.3 Å². The van der Waals surface area contributed by atoms with E-state index in [9.17, 15) is 9.59 Å². The van der Waals surface area contributed by atoms with Gasteiger partial charge in [-0.1, -0.05) is 66.7 Å². The lowest BCUT2D eigenvalue weighted by molar-refractivity contribution is -0.129. The molecule has 158 valence electrons. The van der Waals surface area contributed by atoms with Gasteiger partial charge >= 0.3 is 0 Å². The van der Waals surface area contributed by atoms with E-state index < -0.39 is 0 Å². The van der Waals surface area contributed by atoms with Gasteiger partial charge in [-0.3, -0.25) is 9.59 Å². The number of fused-ring (bicyclic) bond motifs is 2. The second-order valence-corrected chi connectivity index (χ2v) is 8.74. The van der Waals surface area contributed by atoms with Gasteiger partial charge in [-0.05, 0) is 33.5 Å². The predicted molar refractivity (Wildman–Crippen MR) is 128 cm³/mol. The fourth-order valence-electron chi connectivity index (χ4n) is 4.02. The van der Waals surface area contributed by atoms with E-state index in [1.807, 2.05) is 42.1 Å². The maximum Gasteiger partial charge on any atom is 0.223 e. The molecular weight excluding hydrogens is 404 g/mol. The zero-order chi connectivity index (χ0) is 21.6. The highest BCUT2D eigenvalue weighted by Crippen LogP contribution is 2.32. The lowest BCUT2D eigenvalue weighted by atomic mass is 9.93. The van der Waals surface area contributed by atoms with Crippen LogP contribution in [-0.2, 0) is 15.3 Å².